The van der Waals surface area contributed by atoms with Crippen LogP contribution in [0.5, 0.6) is 0 Å². The lowest BCUT2D eigenvalue weighted by atomic mass is 10.0. The number of nitro benzene ring substituents is 1. The second-order valence-corrected chi connectivity index (χ2v) is 7.42. The minimum absolute atomic E-state index is 0.0606. The fourth-order valence-electron chi connectivity index (χ4n) is 3.30. The van der Waals surface area contributed by atoms with Gasteiger partial charge in [-0.1, -0.05) is 29.3 Å². The molecule has 0 aliphatic carbocycles. The quantitative estimate of drug-likeness (QED) is 0.533. The Morgan fingerprint density at radius 1 is 1.26 bits per heavy atom. The zero-order valence-electron chi connectivity index (χ0n) is 14.7. The highest BCUT2D eigenvalue weighted by atomic mass is 35.5. The van der Waals surface area contributed by atoms with Crippen LogP contribution in [0.4, 0.5) is 17.1 Å². The van der Waals surface area contributed by atoms with Crippen LogP contribution in [0.15, 0.2) is 36.4 Å². The molecule has 1 saturated heterocycles. The SMILES string of the molecule is C[C@@H]1CCCCN1c1cc(NC(=O)c2cccc(Cl)c2)c(Cl)cc1[N+](=O)[O-]. The highest BCUT2D eigenvalue weighted by Crippen LogP contribution is 2.39. The number of amides is 1. The Bertz CT molecular complexity index is 888. The molecule has 0 radical (unpaired) electrons. The van der Waals surface area contributed by atoms with Crippen LogP contribution in [0.3, 0.4) is 0 Å². The maximum Gasteiger partial charge on any atom is 0.294 e. The van der Waals surface area contributed by atoms with Gasteiger partial charge in [-0.15, -0.1) is 0 Å². The first kappa shape index (κ1) is 19.5. The standard InChI is InChI=1S/C19H19Cl2N3O3/c1-12-5-2-3-8-23(12)17-11-16(15(21)10-18(17)24(26)27)22-19(25)13-6-4-7-14(20)9-13/h4,6-7,9-12H,2-3,5,8H2,1H3,(H,22,25)/t12-/m1/s1. The summed E-state index contributed by atoms with van der Waals surface area (Å²) in [6, 6.07) is 9.59. The first-order valence-electron chi connectivity index (χ1n) is 8.68. The second kappa shape index (κ2) is 8.15. The van der Waals surface area contributed by atoms with Crippen LogP contribution >= 0.6 is 23.2 Å². The Morgan fingerprint density at radius 3 is 2.70 bits per heavy atom. The average Bonchev–Trinajstić information content (AvgIpc) is 2.63. The molecule has 1 heterocycles. The molecule has 1 N–H and O–H groups in total. The van der Waals surface area contributed by atoms with Crippen molar-refractivity contribution in [3.63, 3.8) is 0 Å². The van der Waals surface area contributed by atoms with E-state index in [9.17, 15) is 14.9 Å². The highest BCUT2D eigenvalue weighted by Gasteiger charge is 2.27. The van der Waals surface area contributed by atoms with Crippen molar-refractivity contribution in [1.29, 1.82) is 0 Å². The number of carbonyl (C=O) groups is 1. The first-order valence-corrected chi connectivity index (χ1v) is 9.44. The maximum absolute atomic E-state index is 12.5. The van der Waals surface area contributed by atoms with E-state index in [-0.39, 0.29) is 22.7 Å². The summed E-state index contributed by atoms with van der Waals surface area (Å²) in [6.07, 6.45) is 3.02. The number of rotatable bonds is 4. The van der Waals surface area contributed by atoms with Crippen LogP contribution in [0.2, 0.25) is 10.0 Å². The van der Waals surface area contributed by atoms with Gasteiger partial charge >= 0.3 is 0 Å². The number of nitrogens with one attached hydrogen (secondary N) is 1. The molecule has 142 valence electrons. The maximum atomic E-state index is 12.5. The minimum Gasteiger partial charge on any atom is -0.363 e. The molecular formula is C19H19Cl2N3O3. The lowest BCUT2D eigenvalue weighted by Crippen LogP contribution is -2.37. The molecular weight excluding hydrogens is 389 g/mol. The molecule has 0 bridgehead atoms. The third-order valence-corrected chi connectivity index (χ3v) is 5.26. The fraction of sp³-hybridized carbons (Fsp3) is 0.316. The van der Waals surface area contributed by atoms with Gasteiger partial charge in [0, 0.05) is 29.2 Å². The van der Waals surface area contributed by atoms with Gasteiger partial charge in [-0.05, 0) is 50.5 Å². The van der Waals surface area contributed by atoms with Gasteiger partial charge in [0.05, 0.1) is 15.6 Å². The minimum atomic E-state index is -0.439. The molecule has 1 aliphatic rings. The number of carbonyl (C=O) groups excluding carboxylic acids is 1. The Labute approximate surface area is 167 Å². The van der Waals surface area contributed by atoms with E-state index in [0.29, 0.717) is 22.0 Å². The largest absolute Gasteiger partial charge is 0.363 e. The van der Waals surface area contributed by atoms with Crippen LogP contribution in [-0.4, -0.2) is 23.4 Å². The van der Waals surface area contributed by atoms with Gasteiger partial charge in [-0.3, -0.25) is 14.9 Å². The number of benzene rings is 2. The monoisotopic (exact) mass is 407 g/mol. The van der Waals surface area contributed by atoms with Crippen LogP contribution in [0.25, 0.3) is 0 Å². The van der Waals surface area contributed by atoms with E-state index in [4.69, 9.17) is 23.2 Å². The molecule has 2 aromatic carbocycles. The van der Waals surface area contributed by atoms with Gasteiger partial charge < -0.3 is 10.2 Å². The van der Waals surface area contributed by atoms with Gasteiger partial charge in [-0.2, -0.15) is 0 Å². The number of hydrogen-bond donors (Lipinski definition) is 1. The molecule has 1 aliphatic heterocycles. The number of hydrogen-bond acceptors (Lipinski definition) is 4. The normalized spacial score (nSPS) is 16.9. The Balaban J connectivity index is 1.97. The van der Waals surface area contributed by atoms with Crippen LogP contribution in [0.1, 0.15) is 36.5 Å². The summed E-state index contributed by atoms with van der Waals surface area (Å²) in [5.41, 5.74) is 1.12. The van der Waals surface area contributed by atoms with Crippen LogP contribution in [0, 0.1) is 10.1 Å². The first-order chi connectivity index (χ1) is 12.9. The van der Waals surface area contributed by atoms with Crippen LogP contribution < -0.4 is 10.2 Å². The molecule has 3 rings (SSSR count). The topological polar surface area (TPSA) is 75.5 Å². The Hall–Kier alpha value is -2.31. The smallest absolute Gasteiger partial charge is 0.294 e. The van der Waals surface area contributed by atoms with Gasteiger partial charge in [0.1, 0.15) is 5.69 Å². The molecule has 0 aromatic heterocycles. The van der Waals surface area contributed by atoms with Gasteiger partial charge in [0.25, 0.3) is 11.6 Å². The zero-order chi connectivity index (χ0) is 19.6. The summed E-state index contributed by atoms with van der Waals surface area (Å²) in [7, 11) is 0. The van der Waals surface area contributed by atoms with Crippen molar-refractivity contribution in [2.24, 2.45) is 0 Å². The molecule has 6 nitrogen and oxygen atoms in total. The summed E-state index contributed by atoms with van der Waals surface area (Å²) >= 11 is 12.2. The van der Waals surface area contributed by atoms with Gasteiger partial charge in [-0.25, -0.2) is 0 Å². The number of piperidine rings is 1. The van der Waals surface area contributed by atoms with E-state index in [1.165, 1.54) is 6.07 Å². The van der Waals surface area contributed by atoms with Crippen molar-refractivity contribution in [2.45, 2.75) is 32.2 Å². The van der Waals surface area contributed by atoms with Crippen LogP contribution in [-0.2, 0) is 0 Å². The van der Waals surface area contributed by atoms with Crippen molar-refractivity contribution in [3.05, 3.63) is 62.1 Å². The van der Waals surface area contributed by atoms with E-state index in [0.717, 1.165) is 25.8 Å². The predicted molar refractivity (Wildman–Crippen MR) is 108 cm³/mol. The van der Waals surface area contributed by atoms with Crippen molar-refractivity contribution >= 4 is 46.2 Å². The Kier molecular flexibility index (Phi) is 5.87. The van der Waals surface area contributed by atoms with Crippen molar-refractivity contribution < 1.29 is 9.72 Å². The molecule has 8 heteroatoms. The van der Waals surface area contributed by atoms with Crippen molar-refractivity contribution in [1.82, 2.24) is 0 Å². The molecule has 0 spiro atoms. The summed E-state index contributed by atoms with van der Waals surface area (Å²) in [5.74, 6) is -0.383. The molecule has 0 saturated carbocycles. The number of nitrogens with zero attached hydrogens (tertiary/aromatic N) is 2. The van der Waals surface area contributed by atoms with E-state index >= 15 is 0 Å². The fourth-order valence-corrected chi connectivity index (χ4v) is 3.70. The molecule has 1 amide bonds. The summed E-state index contributed by atoms with van der Waals surface area (Å²) in [5, 5.41) is 14.8. The molecule has 2 aromatic rings. The Morgan fingerprint density at radius 2 is 2.04 bits per heavy atom. The van der Waals surface area contributed by atoms with E-state index in [1.807, 2.05) is 11.8 Å². The lowest BCUT2D eigenvalue weighted by Gasteiger charge is -2.35. The number of halogens is 2. The summed E-state index contributed by atoms with van der Waals surface area (Å²) in [4.78, 5) is 25.6. The number of anilines is 2. The van der Waals surface area contributed by atoms with E-state index < -0.39 is 4.92 Å². The zero-order valence-corrected chi connectivity index (χ0v) is 16.3. The summed E-state index contributed by atoms with van der Waals surface area (Å²) in [6.45, 7) is 2.77. The average molecular weight is 408 g/mol. The van der Waals surface area contributed by atoms with Gasteiger partial charge in [0.2, 0.25) is 0 Å². The molecule has 1 fully saturated rings. The molecule has 27 heavy (non-hydrogen) atoms. The number of nitro groups is 1. The highest BCUT2D eigenvalue weighted by molar-refractivity contribution is 6.34. The second-order valence-electron chi connectivity index (χ2n) is 6.58. The third-order valence-electron chi connectivity index (χ3n) is 4.71. The predicted octanol–water partition coefficient (Wildman–Crippen LogP) is 5.53. The molecule has 1 atom stereocenters. The lowest BCUT2D eigenvalue weighted by molar-refractivity contribution is -0.384. The van der Waals surface area contributed by atoms with Crippen molar-refractivity contribution in [2.75, 3.05) is 16.8 Å². The van der Waals surface area contributed by atoms with Gasteiger partial charge in [0.15, 0.2) is 0 Å². The van der Waals surface area contributed by atoms with E-state index in [1.54, 1.807) is 30.3 Å². The third kappa shape index (κ3) is 4.34. The van der Waals surface area contributed by atoms with Crippen molar-refractivity contribution in [3.8, 4) is 0 Å². The molecule has 0 unspecified atom stereocenters. The van der Waals surface area contributed by atoms with E-state index in [2.05, 4.69) is 5.32 Å². The summed E-state index contributed by atoms with van der Waals surface area (Å²) < 4.78 is 0.